The number of carbonyl (C=O) groups is 2. The number of hydrogen-bond donors (Lipinski definition) is 2. The third-order valence-corrected chi connectivity index (χ3v) is 4.62. The van der Waals surface area contributed by atoms with Crippen LogP contribution in [0.15, 0.2) is 54.6 Å². The van der Waals surface area contributed by atoms with Gasteiger partial charge in [-0.15, -0.1) is 0 Å². The third kappa shape index (κ3) is 5.31. The van der Waals surface area contributed by atoms with E-state index in [1.54, 1.807) is 12.0 Å². The van der Waals surface area contributed by atoms with Crippen LogP contribution in [0.2, 0.25) is 0 Å². The summed E-state index contributed by atoms with van der Waals surface area (Å²) in [6, 6.07) is 17.4. The normalized spacial score (nSPS) is 16.4. The Bertz CT molecular complexity index is 779. The smallest absolute Gasteiger partial charge is 0.319 e. The van der Waals surface area contributed by atoms with Crippen molar-refractivity contribution < 1.29 is 14.3 Å². The van der Waals surface area contributed by atoms with E-state index in [2.05, 4.69) is 22.8 Å². The van der Waals surface area contributed by atoms with Crippen LogP contribution < -0.4 is 10.6 Å². The molecular weight excluding hydrogens is 342 g/mol. The van der Waals surface area contributed by atoms with Crippen molar-refractivity contribution in [1.29, 1.82) is 0 Å². The summed E-state index contributed by atoms with van der Waals surface area (Å²) in [4.78, 5) is 26.1. The topological polar surface area (TPSA) is 70.7 Å². The first-order valence-electron chi connectivity index (χ1n) is 9.12. The number of rotatable bonds is 7. The Morgan fingerprint density at radius 3 is 2.67 bits per heavy atom. The number of nitrogens with one attached hydrogen (secondary N) is 2. The lowest BCUT2D eigenvalue weighted by atomic mass is 10.0. The van der Waals surface area contributed by atoms with Crippen LogP contribution in [-0.2, 0) is 16.0 Å². The number of para-hydroxylation sites is 1. The molecule has 1 aliphatic rings. The predicted molar refractivity (Wildman–Crippen MR) is 105 cm³/mol. The summed E-state index contributed by atoms with van der Waals surface area (Å²) >= 11 is 0. The van der Waals surface area contributed by atoms with Crippen molar-refractivity contribution >= 4 is 17.6 Å². The zero-order valence-electron chi connectivity index (χ0n) is 15.5. The number of urea groups is 1. The molecule has 0 bridgehead atoms. The molecule has 2 N–H and O–H groups in total. The molecule has 0 saturated carbocycles. The number of anilines is 1. The van der Waals surface area contributed by atoms with Crippen LogP contribution in [0.4, 0.5) is 10.5 Å². The Morgan fingerprint density at radius 2 is 1.89 bits per heavy atom. The molecule has 1 saturated heterocycles. The fourth-order valence-electron chi connectivity index (χ4n) is 3.24. The van der Waals surface area contributed by atoms with Crippen molar-refractivity contribution in [2.75, 3.05) is 32.1 Å². The molecule has 6 heteroatoms. The maximum absolute atomic E-state index is 12.4. The van der Waals surface area contributed by atoms with E-state index >= 15 is 0 Å². The van der Waals surface area contributed by atoms with E-state index in [0.29, 0.717) is 26.1 Å². The predicted octanol–water partition coefficient (Wildman–Crippen LogP) is 2.65. The fraction of sp³-hybridized carbons (Fsp3) is 0.333. The van der Waals surface area contributed by atoms with Gasteiger partial charge in [0.05, 0.1) is 12.6 Å². The molecule has 6 nitrogen and oxygen atoms in total. The van der Waals surface area contributed by atoms with Crippen molar-refractivity contribution in [3.8, 4) is 0 Å². The number of ether oxygens (including phenoxy) is 1. The van der Waals surface area contributed by atoms with E-state index in [4.69, 9.17) is 4.74 Å². The molecular formula is C21H25N3O3. The number of likely N-dealkylation sites (tertiary alicyclic amines) is 1. The molecule has 2 aromatic rings. The Hall–Kier alpha value is -2.86. The maximum atomic E-state index is 12.4. The lowest BCUT2D eigenvalue weighted by molar-refractivity contribution is -0.128. The van der Waals surface area contributed by atoms with Gasteiger partial charge in [-0.3, -0.25) is 4.79 Å². The van der Waals surface area contributed by atoms with Crippen molar-refractivity contribution in [1.82, 2.24) is 10.2 Å². The zero-order chi connectivity index (χ0) is 19.1. The molecule has 1 atom stereocenters. The second kappa shape index (κ2) is 9.19. The zero-order valence-corrected chi connectivity index (χ0v) is 15.5. The summed E-state index contributed by atoms with van der Waals surface area (Å²) in [7, 11) is 1.61. The van der Waals surface area contributed by atoms with Gasteiger partial charge >= 0.3 is 6.03 Å². The number of amides is 3. The summed E-state index contributed by atoms with van der Waals surface area (Å²) in [5, 5.41) is 5.83. The summed E-state index contributed by atoms with van der Waals surface area (Å²) < 4.78 is 5.02. The van der Waals surface area contributed by atoms with Gasteiger partial charge in [0.15, 0.2) is 0 Å². The lowest BCUT2D eigenvalue weighted by Crippen LogP contribution is -2.40. The van der Waals surface area contributed by atoms with Gasteiger partial charge in [-0.2, -0.15) is 0 Å². The summed E-state index contributed by atoms with van der Waals surface area (Å²) in [6.07, 6.45) is 1.06. The average Bonchev–Trinajstić information content (AvgIpc) is 3.01. The van der Waals surface area contributed by atoms with Crippen LogP contribution in [0.1, 0.15) is 17.5 Å². The molecule has 1 unspecified atom stereocenters. The Morgan fingerprint density at radius 1 is 1.15 bits per heavy atom. The van der Waals surface area contributed by atoms with Gasteiger partial charge in [-0.1, -0.05) is 48.5 Å². The number of nitrogens with zero attached hydrogens (tertiary/aromatic N) is 1. The van der Waals surface area contributed by atoms with E-state index in [1.807, 2.05) is 42.5 Å². The highest BCUT2D eigenvalue weighted by Gasteiger charge is 2.30. The van der Waals surface area contributed by atoms with Gasteiger partial charge in [-0.25, -0.2) is 4.79 Å². The second-order valence-corrected chi connectivity index (χ2v) is 6.65. The van der Waals surface area contributed by atoms with E-state index in [1.165, 1.54) is 5.56 Å². The minimum atomic E-state index is -0.290. The minimum Gasteiger partial charge on any atom is -0.383 e. The Balaban J connectivity index is 1.58. The number of carbonyl (C=O) groups excluding carboxylic acids is 2. The highest BCUT2D eigenvalue weighted by atomic mass is 16.5. The van der Waals surface area contributed by atoms with Crippen LogP contribution in [0.5, 0.6) is 0 Å². The quantitative estimate of drug-likeness (QED) is 0.790. The Kier molecular flexibility index (Phi) is 6.44. The fourth-order valence-corrected chi connectivity index (χ4v) is 3.24. The van der Waals surface area contributed by atoms with E-state index in [9.17, 15) is 9.59 Å². The molecule has 1 aliphatic heterocycles. The molecule has 142 valence electrons. The number of benzene rings is 2. The minimum absolute atomic E-state index is 0.0434. The molecule has 0 aliphatic carbocycles. The molecule has 0 spiro atoms. The number of methoxy groups -OCH3 is 1. The number of hydrogen-bond acceptors (Lipinski definition) is 3. The maximum Gasteiger partial charge on any atom is 0.319 e. The van der Waals surface area contributed by atoms with Gasteiger partial charge in [0, 0.05) is 32.3 Å². The van der Waals surface area contributed by atoms with Crippen molar-refractivity contribution in [3.05, 3.63) is 65.7 Å². The molecule has 27 heavy (non-hydrogen) atoms. The largest absolute Gasteiger partial charge is 0.383 e. The van der Waals surface area contributed by atoms with E-state index in [0.717, 1.165) is 17.7 Å². The van der Waals surface area contributed by atoms with Crippen LogP contribution in [0.3, 0.4) is 0 Å². The monoisotopic (exact) mass is 367 g/mol. The first-order valence-corrected chi connectivity index (χ1v) is 9.12. The molecule has 3 amide bonds. The molecule has 3 rings (SSSR count). The van der Waals surface area contributed by atoms with E-state index in [-0.39, 0.29) is 18.0 Å². The second-order valence-electron chi connectivity index (χ2n) is 6.65. The van der Waals surface area contributed by atoms with Crippen LogP contribution >= 0.6 is 0 Å². The molecule has 0 radical (unpaired) electrons. The standard InChI is InChI=1S/C21H25N3O3/c1-27-12-11-24-15-18(14-20(24)25)22-21(26)23-19-10-6-5-9-17(19)13-16-7-3-2-4-8-16/h2-10,18H,11-15H2,1H3,(H2,22,23,26). The van der Waals surface area contributed by atoms with Crippen LogP contribution in [0, 0.1) is 0 Å². The van der Waals surface area contributed by atoms with Gasteiger partial charge in [0.25, 0.3) is 0 Å². The first-order chi connectivity index (χ1) is 13.2. The highest BCUT2D eigenvalue weighted by Crippen LogP contribution is 2.19. The summed E-state index contributed by atoms with van der Waals surface area (Å²) in [6.45, 7) is 1.56. The first kappa shape index (κ1) is 18.9. The van der Waals surface area contributed by atoms with E-state index < -0.39 is 0 Å². The lowest BCUT2D eigenvalue weighted by Gasteiger charge is -2.17. The molecule has 2 aromatic carbocycles. The van der Waals surface area contributed by atoms with Crippen LogP contribution in [0.25, 0.3) is 0 Å². The summed E-state index contributed by atoms with van der Waals surface area (Å²) in [5.74, 6) is 0.0434. The van der Waals surface area contributed by atoms with Crippen molar-refractivity contribution in [2.45, 2.75) is 18.9 Å². The average molecular weight is 367 g/mol. The van der Waals surface area contributed by atoms with Crippen molar-refractivity contribution in [2.24, 2.45) is 0 Å². The Labute approximate surface area is 159 Å². The van der Waals surface area contributed by atoms with Gasteiger partial charge in [0.2, 0.25) is 5.91 Å². The van der Waals surface area contributed by atoms with Crippen molar-refractivity contribution in [3.63, 3.8) is 0 Å². The molecule has 1 fully saturated rings. The SMILES string of the molecule is COCCN1CC(NC(=O)Nc2ccccc2Cc2ccccc2)CC1=O. The molecule has 0 aromatic heterocycles. The van der Waals surface area contributed by atoms with Gasteiger partial charge < -0.3 is 20.3 Å². The van der Waals surface area contributed by atoms with Crippen LogP contribution in [-0.4, -0.2) is 49.7 Å². The highest BCUT2D eigenvalue weighted by molar-refractivity contribution is 5.91. The van der Waals surface area contributed by atoms with Gasteiger partial charge in [0.1, 0.15) is 0 Å². The third-order valence-electron chi connectivity index (χ3n) is 4.62. The molecule has 1 heterocycles. The van der Waals surface area contributed by atoms with Gasteiger partial charge in [-0.05, 0) is 23.6 Å². The summed E-state index contributed by atoms with van der Waals surface area (Å²) in [5.41, 5.74) is 3.00.